The standard InChI is InChI=1S/C18H17ClFN3O5/c1-18(2,3)28-17(25)22-15-8-10(4-7-14(15)20)21-16(24)12-6-5-11(23(26)27)9-13(12)19/h4-9H,1-3H3,(H,21,24)(H,22,25). The van der Waals surface area contributed by atoms with Crippen molar-refractivity contribution in [3.05, 3.63) is 62.9 Å². The van der Waals surface area contributed by atoms with Crippen molar-refractivity contribution in [2.45, 2.75) is 26.4 Å². The Labute approximate surface area is 164 Å². The molecule has 0 saturated heterocycles. The average molecular weight is 410 g/mol. The molecule has 0 aromatic heterocycles. The van der Waals surface area contributed by atoms with E-state index in [1.54, 1.807) is 20.8 Å². The topological polar surface area (TPSA) is 111 Å². The molecule has 2 rings (SSSR count). The molecule has 2 N–H and O–H groups in total. The first-order valence-corrected chi connectivity index (χ1v) is 8.39. The Morgan fingerprint density at radius 2 is 1.82 bits per heavy atom. The lowest BCUT2D eigenvalue weighted by Gasteiger charge is -2.20. The number of ether oxygens (including phenoxy) is 1. The number of nitro benzene ring substituents is 1. The van der Waals surface area contributed by atoms with E-state index in [2.05, 4.69) is 10.6 Å². The average Bonchev–Trinajstić information content (AvgIpc) is 2.55. The monoisotopic (exact) mass is 409 g/mol. The van der Waals surface area contributed by atoms with Crippen molar-refractivity contribution < 1.29 is 23.6 Å². The highest BCUT2D eigenvalue weighted by Gasteiger charge is 2.19. The summed E-state index contributed by atoms with van der Waals surface area (Å²) >= 11 is 5.92. The number of halogens is 2. The Kier molecular flexibility index (Phi) is 6.19. The minimum absolute atomic E-state index is 0.00163. The second kappa shape index (κ2) is 8.22. The van der Waals surface area contributed by atoms with Crippen LogP contribution in [0.1, 0.15) is 31.1 Å². The number of nitrogens with one attached hydrogen (secondary N) is 2. The Morgan fingerprint density at radius 1 is 1.14 bits per heavy atom. The minimum Gasteiger partial charge on any atom is -0.444 e. The van der Waals surface area contributed by atoms with Gasteiger partial charge in [-0.15, -0.1) is 0 Å². The van der Waals surface area contributed by atoms with E-state index >= 15 is 0 Å². The van der Waals surface area contributed by atoms with Crippen LogP contribution in [0.5, 0.6) is 0 Å². The molecule has 148 valence electrons. The quantitative estimate of drug-likeness (QED) is 0.546. The van der Waals surface area contributed by atoms with E-state index in [0.29, 0.717) is 0 Å². The summed E-state index contributed by atoms with van der Waals surface area (Å²) in [4.78, 5) is 34.3. The van der Waals surface area contributed by atoms with E-state index in [9.17, 15) is 24.1 Å². The molecule has 0 aliphatic heterocycles. The van der Waals surface area contributed by atoms with Crippen molar-refractivity contribution in [2.24, 2.45) is 0 Å². The van der Waals surface area contributed by atoms with Gasteiger partial charge in [-0.3, -0.25) is 20.2 Å². The molecule has 0 unspecified atom stereocenters. The fourth-order valence-electron chi connectivity index (χ4n) is 2.11. The maximum absolute atomic E-state index is 13.9. The lowest BCUT2D eigenvalue weighted by molar-refractivity contribution is -0.384. The molecule has 0 aliphatic rings. The fourth-order valence-corrected chi connectivity index (χ4v) is 2.37. The Morgan fingerprint density at radius 3 is 2.39 bits per heavy atom. The van der Waals surface area contributed by atoms with Crippen molar-refractivity contribution in [2.75, 3.05) is 10.6 Å². The summed E-state index contributed by atoms with van der Waals surface area (Å²) in [7, 11) is 0. The van der Waals surface area contributed by atoms with Crippen molar-refractivity contribution in [3.8, 4) is 0 Å². The third-order valence-electron chi connectivity index (χ3n) is 3.27. The van der Waals surface area contributed by atoms with Crippen LogP contribution < -0.4 is 10.6 Å². The molecular formula is C18H17ClFN3O5. The van der Waals surface area contributed by atoms with Gasteiger partial charge in [-0.25, -0.2) is 9.18 Å². The SMILES string of the molecule is CC(C)(C)OC(=O)Nc1cc(NC(=O)c2ccc([N+](=O)[O-])cc2Cl)ccc1F. The third-order valence-corrected chi connectivity index (χ3v) is 3.58. The van der Waals surface area contributed by atoms with Crippen LogP contribution in [0.4, 0.5) is 26.2 Å². The van der Waals surface area contributed by atoms with E-state index in [1.165, 1.54) is 18.2 Å². The van der Waals surface area contributed by atoms with Gasteiger partial charge >= 0.3 is 6.09 Å². The number of hydrogen-bond acceptors (Lipinski definition) is 5. The number of anilines is 2. The largest absolute Gasteiger partial charge is 0.444 e. The summed E-state index contributed by atoms with van der Waals surface area (Å²) in [6.07, 6.45) is -0.853. The molecule has 2 amide bonds. The number of carbonyl (C=O) groups is 2. The maximum atomic E-state index is 13.9. The van der Waals surface area contributed by atoms with Crippen molar-refractivity contribution in [1.29, 1.82) is 0 Å². The lowest BCUT2D eigenvalue weighted by Crippen LogP contribution is -2.27. The summed E-state index contributed by atoms with van der Waals surface area (Å²) in [5.74, 6) is -1.38. The van der Waals surface area contributed by atoms with Crippen LogP contribution in [0.15, 0.2) is 36.4 Å². The Hall–Kier alpha value is -3.20. The Bertz CT molecular complexity index is 943. The molecule has 10 heteroatoms. The third kappa shape index (κ3) is 5.65. The molecule has 8 nitrogen and oxygen atoms in total. The van der Waals surface area contributed by atoms with Crippen LogP contribution in [0.3, 0.4) is 0 Å². The van der Waals surface area contributed by atoms with Gasteiger partial charge in [0.25, 0.3) is 11.6 Å². The zero-order valence-corrected chi connectivity index (χ0v) is 16.0. The van der Waals surface area contributed by atoms with Gasteiger partial charge in [-0.05, 0) is 45.0 Å². The first kappa shape index (κ1) is 21.1. The number of carbonyl (C=O) groups excluding carboxylic acids is 2. The van der Waals surface area contributed by atoms with Gasteiger partial charge in [0.1, 0.15) is 11.4 Å². The predicted octanol–water partition coefficient (Wildman–Crippen LogP) is 4.99. The molecule has 0 aliphatic carbocycles. The second-order valence-electron chi connectivity index (χ2n) is 6.70. The van der Waals surface area contributed by atoms with Crippen LogP contribution in [-0.4, -0.2) is 22.5 Å². The summed E-state index contributed by atoms with van der Waals surface area (Å²) in [6.45, 7) is 4.98. The summed E-state index contributed by atoms with van der Waals surface area (Å²) < 4.78 is 19.0. The van der Waals surface area contributed by atoms with E-state index in [4.69, 9.17) is 16.3 Å². The fraction of sp³-hybridized carbons (Fsp3) is 0.222. The van der Waals surface area contributed by atoms with Crippen molar-refractivity contribution >= 4 is 40.7 Å². The molecular weight excluding hydrogens is 393 g/mol. The number of rotatable bonds is 4. The first-order chi connectivity index (χ1) is 13.0. The van der Waals surface area contributed by atoms with E-state index in [-0.39, 0.29) is 27.6 Å². The lowest BCUT2D eigenvalue weighted by atomic mass is 10.2. The van der Waals surface area contributed by atoms with Crippen LogP contribution in [0.25, 0.3) is 0 Å². The number of nitro groups is 1. The molecule has 2 aromatic carbocycles. The van der Waals surface area contributed by atoms with Gasteiger partial charge in [0.2, 0.25) is 0 Å². The molecule has 0 spiro atoms. The summed E-state index contributed by atoms with van der Waals surface area (Å²) in [6, 6.07) is 6.94. The molecule has 0 saturated carbocycles. The highest BCUT2D eigenvalue weighted by atomic mass is 35.5. The molecule has 0 fully saturated rings. The zero-order valence-electron chi connectivity index (χ0n) is 15.2. The number of non-ortho nitro benzene ring substituents is 1. The molecule has 0 bridgehead atoms. The van der Waals surface area contributed by atoms with Gasteiger partial charge in [0.05, 0.1) is 21.2 Å². The predicted molar refractivity (Wildman–Crippen MR) is 102 cm³/mol. The molecule has 28 heavy (non-hydrogen) atoms. The summed E-state index contributed by atoms with van der Waals surface area (Å²) in [5, 5.41) is 15.4. The first-order valence-electron chi connectivity index (χ1n) is 8.01. The van der Waals surface area contributed by atoms with Crippen molar-refractivity contribution in [1.82, 2.24) is 0 Å². The summed E-state index contributed by atoms with van der Waals surface area (Å²) in [5.41, 5.74) is -1.04. The zero-order chi connectivity index (χ0) is 21.1. The molecule has 0 atom stereocenters. The van der Waals surface area contributed by atoms with Crippen LogP contribution >= 0.6 is 11.6 Å². The van der Waals surface area contributed by atoms with Gasteiger partial charge in [0, 0.05) is 17.8 Å². The number of amides is 2. The number of benzene rings is 2. The van der Waals surface area contributed by atoms with Crippen LogP contribution in [0, 0.1) is 15.9 Å². The molecule has 0 heterocycles. The highest BCUT2D eigenvalue weighted by molar-refractivity contribution is 6.34. The van der Waals surface area contributed by atoms with Gasteiger partial charge in [-0.2, -0.15) is 0 Å². The number of nitrogens with zero attached hydrogens (tertiary/aromatic N) is 1. The normalized spacial score (nSPS) is 10.9. The number of hydrogen-bond donors (Lipinski definition) is 2. The van der Waals surface area contributed by atoms with E-state index in [1.807, 2.05) is 0 Å². The van der Waals surface area contributed by atoms with Crippen LogP contribution in [0.2, 0.25) is 5.02 Å². The van der Waals surface area contributed by atoms with Gasteiger partial charge < -0.3 is 10.1 Å². The van der Waals surface area contributed by atoms with E-state index in [0.717, 1.165) is 18.2 Å². The second-order valence-corrected chi connectivity index (χ2v) is 7.10. The van der Waals surface area contributed by atoms with E-state index < -0.39 is 28.3 Å². The minimum atomic E-state index is -0.853. The maximum Gasteiger partial charge on any atom is 0.412 e. The smallest absolute Gasteiger partial charge is 0.412 e. The van der Waals surface area contributed by atoms with Crippen molar-refractivity contribution in [3.63, 3.8) is 0 Å². The van der Waals surface area contributed by atoms with Gasteiger partial charge in [0.15, 0.2) is 0 Å². The highest BCUT2D eigenvalue weighted by Crippen LogP contribution is 2.25. The molecule has 0 radical (unpaired) electrons. The molecule has 2 aromatic rings. The van der Waals surface area contributed by atoms with Crippen LogP contribution in [-0.2, 0) is 4.74 Å². The Balaban J connectivity index is 2.17. The van der Waals surface area contributed by atoms with Gasteiger partial charge in [-0.1, -0.05) is 11.6 Å².